The Hall–Kier alpha value is -2.50. The lowest BCUT2D eigenvalue weighted by Gasteiger charge is -2.05. The second-order valence-electron chi connectivity index (χ2n) is 4.06. The Morgan fingerprint density at radius 3 is 2.79 bits per heavy atom. The predicted octanol–water partition coefficient (Wildman–Crippen LogP) is 2.63. The van der Waals surface area contributed by atoms with Crippen LogP contribution < -0.4 is 0 Å². The quantitative estimate of drug-likeness (QED) is 0.481. The zero-order valence-corrected chi connectivity index (χ0v) is 10.5. The molecule has 0 aliphatic heterocycles. The smallest absolute Gasteiger partial charge is 0.338 e. The molecule has 6 nitrogen and oxygen atoms in total. The Balaban J connectivity index is 2.68. The number of benzene rings is 1. The fourth-order valence-corrected chi connectivity index (χ4v) is 1.81. The van der Waals surface area contributed by atoms with Crippen molar-refractivity contribution in [2.24, 2.45) is 0 Å². The van der Waals surface area contributed by atoms with Crippen molar-refractivity contribution in [3.8, 4) is 0 Å². The highest BCUT2D eigenvalue weighted by atomic mass is 16.6. The number of hydrogen-bond acceptors (Lipinski definition) is 5. The van der Waals surface area contributed by atoms with Gasteiger partial charge in [0.1, 0.15) is 5.52 Å². The van der Waals surface area contributed by atoms with Crippen LogP contribution in [-0.4, -0.2) is 22.5 Å². The summed E-state index contributed by atoms with van der Waals surface area (Å²) < 4.78 is 4.86. The summed E-state index contributed by atoms with van der Waals surface area (Å²) in [6.45, 7) is 3.73. The molecule has 0 unspecified atom stereocenters. The van der Waals surface area contributed by atoms with E-state index in [4.69, 9.17) is 4.74 Å². The highest BCUT2D eigenvalue weighted by Crippen LogP contribution is 2.26. The number of nitro groups is 1. The molecule has 98 valence electrons. The molecule has 0 aliphatic rings. The standard InChI is InChI=1S/C13H12N2O4/c1-3-19-13(16)10-5-9-4-8(2)7-14-12(9)11(6-10)15(17)18/h4-7H,3H2,1-2H3. The van der Waals surface area contributed by atoms with Crippen molar-refractivity contribution in [3.05, 3.63) is 45.6 Å². The van der Waals surface area contributed by atoms with Crippen molar-refractivity contribution in [2.75, 3.05) is 6.61 Å². The lowest BCUT2D eigenvalue weighted by molar-refractivity contribution is -0.383. The van der Waals surface area contributed by atoms with Crippen LogP contribution in [0.5, 0.6) is 0 Å². The third-order valence-corrected chi connectivity index (χ3v) is 2.61. The molecule has 0 radical (unpaired) electrons. The minimum Gasteiger partial charge on any atom is -0.462 e. The van der Waals surface area contributed by atoms with Gasteiger partial charge in [0, 0.05) is 17.6 Å². The average molecular weight is 260 g/mol. The molecule has 0 fully saturated rings. The number of nitro benzene ring substituents is 1. The largest absolute Gasteiger partial charge is 0.462 e. The Morgan fingerprint density at radius 1 is 1.42 bits per heavy atom. The van der Waals surface area contributed by atoms with Crippen LogP contribution in [0, 0.1) is 17.0 Å². The van der Waals surface area contributed by atoms with Crippen LogP contribution in [0.3, 0.4) is 0 Å². The Morgan fingerprint density at radius 2 is 2.16 bits per heavy atom. The van der Waals surface area contributed by atoms with Crippen LogP contribution in [0.1, 0.15) is 22.8 Å². The van der Waals surface area contributed by atoms with Crippen LogP contribution in [-0.2, 0) is 4.74 Å². The minimum atomic E-state index is -0.575. The van der Waals surface area contributed by atoms with Crippen molar-refractivity contribution in [3.63, 3.8) is 0 Å². The van der Waals surface area contributed by atoms with E-state index in [2.05, 4.69) is 4.98 Å². The molecule has 0 amide bonds. The molecule has 0 aliphatic carbocycles. The highest BCUT2D eigenvalue weighted by molar-refractivity contribution is 5.98. The third-order valence-electron chi connectivity index (χ3n) is 2.61. The number of nitrogens with zero attached hydrogens (tertiary/aromatic N) is 2. The number of carbonyl (C=O) groups is 1. The zero-order valence-electron chi connectivity index (χ0n) is 10.5. The first-order chi connectivity index (χ1) is 9.02. The second kappa shape index (κ2) is 5.01. The van der Waals surface area contributed by atoms with Crippen LogP contribution in [0.15, 0.2) is 24.4 Å². The van der Waals surface area contributed by atoms with E-state index in [-0.39, 0.29) is 23.4 Å². The van der Waals surface area contributed by atoms with Crippen LogP contribution >= 0.6 is 0 Å². The molecule has 0 spiro atoms. The number of esters is 1. The summed E-state index contributed by atoms with van der Waals surface area (Å²) >= 11 is 0. The first kappa shape index (κ1) is 12.9. The summed E-state index contributed by atoms with van der Waals surface area (Å²) in [7, 11) is 0. The summed E-state index contributed by atoms with van der Waals surface area (Å²) in [6, 6.07) is 4.50. The van der Waals surface area contributed by atoms with Gasteiger partial charge in [-0.1, -0.05) is 0 Å². The van der Waals surface area contributed by atoms with Gasteiger partial charge in [-0.3, -0.25) is 10.1 Å². The van der Waals surface area contributed by atoms with Crippen molar-refractivity contribution in [1.29, 1.82) is 0 Å². The maximum atomic E-state index is 11.7. The molecule has 1 aromatic heterocycles. The Labute approximate surface area is 109 Å². The maximum absolute atomic E-state index is 11.7. The molecule has 2 rings (SSSR count). The van der Waals surface area contributed by atoms with Crippen molar-refractivity contribution in [1.82, 2.24) is 4.98 Å². The average Bonchev–Trinajstić information content (AvgIpc) is 2.37. The number of ether oxygens (including phenoxy) is 1. The van der Waals surface area contributed by atoms with Crippen LogP contribution in [0.2, 0.25) is 0 Å². The van der Waals surface area contributed by atoms with E-state index in [1.54, 1.807) is 25.3 Å². The second-order valence-corrected chi connectivity index (χ2v) is 4.06. The number of fused-ring (bicyclic) bond motifs is 1. The van der Waals surface area contributed by atoms with Gasteiger partial charge in [-0.05, 0) is 31.5 Å². The number of rotatable bonds is 3. The van der Waals surface area contributed by atoms with E-state index < -0.39 is 10.9 Å². The molecule has 1 heterocycles. The van der Waals surface area contributed by atoms with Crippen molar-refractivity contribution in [2.45, 2.75) is 13.8 Å². The highest BCUT2D eigenvalue weighted by Gasteiger charge is 2.18. The van der Waals surface area contributed by atoms with Crippen LogP contribution in [0.4, 0.5) is 5.69 Å². The number of pyridine rings is 1. The van der Waals surface area contributed by atoms with E-state index in [0.29, 0.717) is 5.39 Å². The molecule has 6 heteroatoms. The monoisotopic (exact) mass is 260 g/mol. The van der Waals surface area contributed by atoms with E-state index in [9.17, 15) is 14.9 Å². The molecule has 0 atom stereocenters. The molecule has 2 aromatic rings. The van der Waals surface area contributed by atoms with Gasteiger partial charge in [0.2, 0.25) is 0 Å². The molecular formula is C13H12N2O4. The fraction of sp³-hybridized carbons (Fsp3) is 0.231. The van der Waals surface area contributed by atoms with Gasteiger partial charge in [0.05, 0.1) is 17.1 Å². The van der Waals surface area contributed by atoms with Crippen molar-refractivity contribution >= 4 is 22.6 Å². The number of hydrogen-bond donors (Lipinski definition) is 0. The molecule has 0 N–H and O–H groups in total. The normalized spacial score (nSPS) is 10.4. The molecule has 0 saturated carbocycles. The maximum Gasteiger partial charge on any atom is 0.338 e. The van der Waals surface area contributed by atoms with E-state index in [1.165, 1.54) is 6.07 Å². The van der Waals surface area contributed by atoms with E-state index >= 15 is 0 Å². The summed E-state index contributed by atoms with van der Waals surface area (Å²) in [6.07, 6.45) is 1.55. The molecule has 19 heavy (non-hydrogen) atoms. The molecule has 1 aromatic carbocycles. The van der Waals surface area contributed by atoms with Gasteiger partial charge in [-0.2, -0.15) is 0 Å². The van der Waals surface area contributed by atoms with Gasteiger partial charge < -0.3 is 4.74 Å². The first-order valence-electron chi connectivity index (χ1n) is 5.75. The predicted molar refractivity (Wildman–Crippen MR) is 69.1 cm³/mol. The summed E-state index contributed by atoms with van der Waals surface area (Å²) in [4.78, 5) is 26.2. The Bertz CT molecular complexity index is 667. The third kappa shape index (κ3) is 2.52. The fourth-order valence-electron chi connectivity index (χ4n) is 1.81. The zero-order chi connectivity index (χ0) is 14.0. The van der Waals surface area contributed by atoms with Gasteiger partial charge >= 0.3 is 5.97 Å². The van der Waals surface area contributed by atoms with E-state index in [1.807, 2.05) is 6.92 Å². The summed E-state index contributed by atoms with van der Waals surface area (Å²) in [5.74, 6) is -0.575. The number of aryl methyl sites for hydroxylation is 1. The van der Waals surface area contributed by atoms with Gasteiger partial charge in [-0.15, -0.1) is 0 Å². The lowest BCUT2D eigenvalue weighted by Crippen LogP contribution is -2.06. The topological polar surface area (TPSA) is 82.3 Å². The molecular weight excluding hydrogens is 248 g/mol. The van der Waals surface area contributed by atoms with Gasteiger partial charge in [-0.25, -0.2) is 9.78 Å². The lowest BCUT2D eigenvalue weighted by atomic mass is 10.1. The number of aromatic nitrogens is 1. The Kier molecular flexibility index (Phi) is 3.41. The molecule has 0 bridgehead atoms. The van der Waals surface area contributed by atoms with Gasteiger partial charge in [0.15, 0.2) is 0 Å². The minimum absolute atomic E-state index is 0.161. The molecule has 0 saturated heterocycles. The van der Waals surface area contributed by atoms with Crippen LogP contribution in [0.25, 0.3) is 10.9 Å². The summed E-state index contributed by atoms with van der Waals surface area (Å²) in [5, 5.41) is 11.6. The SMILES string of the molecule is CCOC(=O)c1cc([N+](=O)[O-])c2ncc(C)cc2c1. The van der Waals surface area contributed by atoms with Crippen molar-refractivity contribution < 1.29 is 14.5 Å². The van der Waals surface area contributed by atoms with Gasteiger partial charge in [0.25, 0.3) is 5.69 Å². The number of carbonyl (C=O) groups excluding carboxylic acids is 1. The first-order valence-corrected chi connectivity index (χ1v) is 5.75. The summed E-state index contributed by atoms with van der Waals surface area (Å²) in [5.41, 5.74) is 1.10. The van der Waals surface area contributed by atoms with E-state index in [0.717, 1.165) is 5.56 Å². The number of non-ortho nitro benzene ring substituents is 1.